The first kappa shape index (κ1) is 20.0. The number of piperidine rings is 1. The van der Waals surface area contributed by atoms with Crippen molar-refractivity contribution in [1.29, 1.82) is 0 Å². The van der Waals surface area contributed by atoms with Crippen LogP contribution in [0.2, 0.25) is 0 Å². The summed E-state index contributed by atoms with van der Waals surface area (Å²) in [7, 11) is 1.62. The van der Waals surface area contributed by atoms with Crippen molar-refractivity contribution in [3.05, 3.63) is 72.2 Å². The molecule has 0 aliphatic carbocycles. The predicted octanol–water partition coefficient (Wildman–Crippen LogP) is 4.42. The minimum absolute atomic E-state index is 0.135. The first-order valence-corrected chi connectivity index (χ1v) is 10.5. The molecule has 32 heavy (non-hydrogen) atoms. The summed E-state index contributed by atoms with van der Waals surface area (Å²) in [5.74, 6) is 2.51. The van der Waals surface area contributed by atoms with Crippen molar-refractivity contribution >= 4 is 5.91 Å². The molecule has 0 unspecified atom stereocenters. The quantitative estimate of drug-likeness (QED) is 0.462. The summed E-state index contributed by atoms with van der Waals surface area (Å²) in [4.78, 5) is 19.3. The average Bonchev–Trinajstić information content (AvgIpc) is 3.55. The van der Waals surface area contributed by atoms with E-state index in [4.69, 9.17) is 13.8 Å². The summed E-state index contributed by atoms with van der Waals surface area (Å²) >= 11 is 0. The van der Waals surface area contributed by atoms with Gasteiger partial charge >= 0.3 is 0 Å². The van der Waals surface area contributed by atoms with Crippen LogP contribution in [0.3, 0.4) is 0 Å². The number of hydrogen-bond donors (Lipinski definition) is 0. The monoisotopic (exact) mass is 430 g/mol. The third-order valence-corrected chi connectivity index (χ3v) is 5.71. The molecule has 1 aliphatic rings. The van der Waals surface area contributed by atoms with Crippen LogP contribution in [0.15, 0.2) is 69.7 Å². The molecule has 1 amide bonds. The number of ether oxygens (including phenoxy) is 1. The van der Waals surface area contributed by atoms with E-state index in [-0.39, 0.29) is 11.8 Å². The molecule has 162 valence electrons. The van der Waals surface area contributed by atoms with Crippen LogP contribution in [0.25, 0.3) is 22.7 Å². The van der Waals surface area contributed by atoms with Gasteiger partial charge in [0.2, 0.25) is 11.7 Å². The zero-order chi connectivity index (χ0) is 21.9. The van der Waals surface area contributed by atoms with E-state index in [1.54, 1.807) is 18.1 Å². The number of rotatable bonds is 5. The molecule has 3 heterocycles. The van der Waals surface area contributed by atoms with Gasteiger partial charge < -0.3 is 18.7 Å². The third-order valence-electron chi connectivity index (χ3n) is 5.71. The Morgan fingerprint density at radius 3 is 2.44 bits per heavy atom. The molecular formula is C24H22N4O4. The van der Waals surface area contributed by atoms with Gasteiger partial charge in [0.1, 0.15) is 5.75 Å². The Kier molecular flexibility index (Phi) is 5.41. The number of likely N-dealkylation sites (tertiary alicyclic amines) is 1. The Morgan fingerprint density at radius 1 is 0.969 bits per heavy atom. The number of aromatic nitrogens is 3. The smallest absolute Gasteiger partial charge is 0.276 e. The SMILES string of the molecule is COc1ccc(-c2cc(C(=O)N3CCC(c4nc(-c5ccccc5)no4)CC3)no2)cc1. The van der Waals surface area contributed by atoms with E-state index < -0.39 is 0 Å². The highest BCUT2D eigenvalue weighted by molar-refractivity contribution is 5.93. The van der Waals surface area contributed by atoms with Crippen LogP contribution in [-0.2, 0) is 0 Å². The van der Waals surface area contributed by atoms with Gasteiger partial charge in [-0.3, -0.25) is 4.79 Å². The molecule has 1 aliphatic heterocycles. The molecule has 0 bridgehead atoms. The van der Waals surface area contributed by atoms with E-state index in [0.717, 1.165) is 29.7 Å². The highest BCUT2D eigenvalue weighted by atomic mass is 16.5. The van der Waals surface area contributed by atoms with Gasteiger partial charge in [0.05, 0.1) is 7.11 Å². The summed E-state index contributed by atoms with van der Waals surface area (Å²) in [5, 5.41) is 8.09. The second-order valence-electron chi connectivity index (χ2n) is 7.69. The zero-order valence-corrected chi connectivity index (χ0v) is 17.6. The number of carbonyl (C=O) groups excluding carboxylic acids is 1. The first-order valence-electron chi connectivity index (χ1n) is 10.5. The highest BCUT2D eigenvalue weighted by Crippen LogP contribution is 2.30. The molecule has 2 aromatic carbocycles. The van der Waals surface area contributed by atoms with Gasteiger partial charge in [0.15, 0.2) is 11.5 Å². The Labute approximate surface area is 184 Å². The normalized spacial score (nSPS) is 14.5. The minimum Gasteiger partial charge on any atom is -0.497 e. The number of carbonyl (C=O) groups is 1. The van der Waals surface area contributed by atoms with Crippen molar-refractivity contribution in [1.82, 2.24) is 20.2 Å². The van der Waals surface area contributed by atoms with Gasteiger partial charge in [-0.25, -0.2) is 0 Å². The maximum absolute atomic E-state index is 12.9. The van der Waals surface area contributed by atoms with Crippen molar-refractivity contribution in [2.24, 2.45) is 0 Å². The topological polar surface area (TPSA) is 94.5 Å². The lowest BCUT2D eigenvalue weighted by molar-refractivity contribution is 0.0694. The number of hydrogen-bond acceptors (Lipinski definition) is 7. The van der Waals surface area contributed by atoms with E-state index in [0.29, 0.717) is 36.3 Å². The van der Waals surface area contributed by atoms with Gasteiger partial charge in [0, 0.05) is 36.2 Å². The molecule has 0 radical (unpaired) electrons. The average molecular weight is 430 g/mol. The fourth-order valence-corrected chi connectivity index (χ4v) is 3.86. The van der Waals surface area contributed by atoms with Gasteiger partial charge in [-0.1, -0.05) is 40.6 Å². The number of nitrogens with zero attached hydrogens (tertiary/aromatic N) is 4. The van der Waals surface area contributed by atoms with Crippen LogP contribution in [0.1, 0.15) is 35.1 Å². The van der Waals surface area contributed by atoms with E-state index in [1.165, 1.54) is 0 Å². The first-order chi connectivity index (χ1) is 15.7. The van der Waals surface area contributed by atoms with Crippen LogP contribution in [0.5, 0.6) is 5.75 Å². The summed E-state index contributed by atoms with van der Waals surface area (Å²) in [5.41, 5.74) is 2.06. The number of amides is 1. The Morgan fingerprint density at radius 2 is 1.72 bits per heavy atom. The fraction of sp³-hybridized carbons (Fsp3) is 0.250. The van der Waals surface area contributed by atoms with Crippen LogP contribution >= 0.6 is 0 Å². The molecule has 0 N–H and O–H groups in total. The maximum atomic E-state index is 12.9. The summed E-state index contributed by atoms with van der Waals surface area (Å²) in [6, 6.07) is 18.8. The van der Waals surface area contributed by atoms with E-state index in [1.807, 2.05) is 54.6 Å². The summed E-state index contributed by atoms with van der Waals surface area (Å²) in [6.07, 6.45) is 1.51. The van der Waals surface area contributed by atoms with Crippen LogP contribution in [-0.4, -0.2) is 46.3 Å². The van der Waals surface area contributed by atoms with Gasteiger partial charge in [-0.05, 0) is 37.1 Å². The second-order valence-corrected chi connectivity index (χ2v) is 7.69. The maximum Gasteiger partial charge on any atom is 0.276 e. The van der Waals surface area contributed by atoms with Crippen LogP contribution in [0.4, 0.5) is 0 Å². The van der Waals surface area contributed by atoms with Crippen molar-refractivity contribution in [2.75, 3.05) is 20.2 Å². The van der Waals surface area contributed by atoms with Crippen LogP contribution < -0.4 is 4.74 Å². The van der Waals surface area contributed by atoms with E-state index in [2.05, 4.69) is 15.3 Å². The highest BCUT2D eigenvalue weighted by Gasteiger charge is 2.29. The molecule has 0 spiro atoms. The van der Waals surface area contributed by atoms with Gasteiger partial charge in [-0.15, -0.1) is 0 Å². The lowest BCUT2D eigenvalue weighted by Gasteiger charge is -2.29. The Balaban J connectivity index is 1.21. The Bertz CT molecular complexity index is 1190. The fourth-order valence-electron chi connectivity index (χ4n) is 3.86. The minimum atomic E-state index is -0.137. The molecule has 1 fully saturated rings. The third kappa shape index (κ3) is 3.99. The predicted molar refractivity (Wildman–Crippen MR) is 116 cm³/mol. The molecule has 5 rings (SSSR count). The number of methoxy groups -OCH3 is 1. The van der Waals surface area contributed by atoms with Gasteiger partial charge in [-0.2, -0.15) is 4.98 Å². The summed E-state index contributed by atoms with van der Waals surface area (Å²) in [6.45, 7) is 1.19. The molecule has 0 saturated carbocycles. The zero-order valence-electron chi connectivity index (χ0n) is 17.6. The molecule has 1 saturated heterocycles. The molecule has 8 nitrogen and oxygen atoms in total. The van der Waals surface area contributed by atoms with Crippen LogP contribution in [0, 0.1) is 0 Å². The number of benzene rings is 2. The molecule has 0 atom stereocenters. The summed E-state index contributed by atoms with van der Waals surface area (Å²) < 4.78 is 16.1. The van der Waals surface area contributed by atoms with Crippen molar-refractivity contribution < 1.29 is 18.6 Å². The van der Waals surface area contributed by atoms with Crippen molar-refractivity contribution in [3.8, 4) is 28.5 Å². The molecule has 2 aromatic heterocycles. The lowest BCUT2D eigenvalue weighted by atomic mass is 9.96. The Hall–Kier alpha value is -3.94. The lowest BCUT2D eigenvalue weighted by Crippen LogP contribution is -2.38. The van der Waals surface area contributed by atoms with E-state index in [9.17, 15) is 4.79 Å². The van der Waals surface area contributed by atoms with Crippen molar-refractivity contribution in [2.45, 2.75) is 18.8 Å². The second kappa shape index (κ2) is 8.66. The molecule has 4 aromatic rings. The molecular weight excluding hydrogens is 408 g/mol. The standard InChI is InChI=1S/C24H22N4O4/c1-30-19-9-7-16(8-10-19)21-15-20(26-31-21)24(29)28-13-11-18(12-14-28)23-25-22(27-32-23)17-5-3-2-4-6-17/h2-10,15,18H,11-14H2,1H3. The largest absolute Gasteiger partial charge is 0.497 e. The molecule has 8 heteroatoms. The van der Waals surface area contributed by atoms with E-state index >= 15 is 0 Å². The van der Waals surface area contributed by atoms with Crippen molar-refractivity contribution in [3.63, 3.8) is 0 Å². The van der Waals surface area contributed by atoms with Gasteiger partial charge in [0.25, 0.3) is 5.91 Å².